The molecule has 0 bridgehead atoms. The van der Waals surface area contributed by atoms with Crippen LogP contribution in [0.2, 0.25) is 6.32 Å². The molecule has 0 N–H and O–H groups in total. The molecule has 0 spiro atoms. The van der Waals surface area contributed by atoms with Crippen LogP contribution in [0.3, 0.4) is 0 Å². The van der Waals surface area contributed by atoms with Crippen molar-refractivity contribution in [3.05, 3.63) is 0 Å². The van der Waals surface area contributed by atoms with Gasteiger partial charge in [0, 0.05) is 12.3 Å². The summed E-state index contributed by atoms with van der Waals surface area (Å²) in [6.07, 6.45) is 3.40. The fraction of sp³-hybridized carbons (Fsp3) is 0.875. The summed E-state index contributed by atoms with van der Waals surface area (Å²) in [5, 5.41) is 0. The second kappa shape index (κ2) is 3.22. The largest absolute Gasteiger partial charge is 0.299 e. The zero-order valence-corrected chi connectivity index (χ0v) is 6.47. The molecule has 2 heteroatoms. The zero-order valence-electron chi connectivity index (χ0n) is 6.47. The van der Waals surface area contributed by atoms with Crippen molar-refractivity contribution in [2.75, 3.05) is 0 Å². The van der Waals surface area contributed by atoms with E-state index in [1.54, 1.807) is 0 Å². The number of ketones is 1. The molecule has 0 saturated heterocycles. The van der Waals surface area contributed by atoms with Crippen LogP contribution in [0, 0.1) is 11.8 Å². The first-order chi connectivity index (χ1) is 4.75. The van der Waals surface area contributed by atoms with E-state index in [-0.39, 0.29) is 5.92 Å². The van der Waals surface area contributed by atoms with Crippen LogP contribution in [-0.4, -0.2) is 13.6 Å². The fourth-order valence-electron chi connectivity index (χ4n) is 1.70. The van der Waals surface area contributed by atoms with Crippen LogP contribution >= 0.6 is 0 Å². The molecule has 1 saturated carbocycles. The molecule has 1 aliphatic rings. The molecule has 54 valence electrons. The lowest BCUT2D eigenvalue weighted by molar-refractivity contribution is -0.121. The number of rotatable bonds is 2. The summed E-state index contributed by atoms with van der Waals surface area (Å²) in [5.74, 6) is 1.29. The number of carbonyl (C=O) groups is 1. The van der Waals surface area contributed by atoms with Crippen LogP contribution < -0.4 is 0 Å². The molecule has 1 fully saturated rings. The Morgan fingerprint density at radius 2 is 2.40 bits per heavy atom. The van der Waals surface area contributed by atoms with Crippen molar-refractivity contribution >= 4 is 13.6 Å². The van der Waals surface area contributed by atoms with Gasteiger partial charge in [0.25, 0.3) is 0 Å². The average Bonchev–Trinajstić information content (AvgIpc) is 2.20. The molecule has 0 aromatic heterocycles. The molecule has 0 aliphatic heterocycles. The molecular weight excluding hydrogens is 123 g/mol. The van der Waals surface area contributed by atoms with Gasteiger partial charge in [0.1, 0.15) is 5.78 Å². The third-order valence-electron chi connectivity index (χ3n) is 2.42. The van der Waals surface area contributed by atoms with Gasteiger partial charge in [0.05, 0.1) is 7.85 Å². The first-order valence-corrected chi connectivity index (χ1v) is 3.98. The van der Waals surface area contributed by atoms with Gasteiger partial charge in [-0.05, 0) is 12.3 Å². The van der Waals surface area contributed by atoms with Crippen molar-refractivity contribution in [2.45, 2.75) is 32.5 Å². The summed E-state index contributed by atoms with van der Waals surface area (Å²) in [6, 6.07) is 0. The van der Waals surface area contributed by atoms with Gasteiger partial charge >= 0.3 is 0 Å². The van der Waals surface area contributed by atoms with Gasteiger partial charge in [-0.15, -0.1) is 0 Å². The van der Waals surface area contributed by atoms with Crippen molar-refractivity contribution in [2.24, 2.45) is 11.8 Å². The lowest BCUT2D eigenvalue weighted by Crippen LogP contribution is -2.11. The van der Waals surface area contributed by atoms with Gasteiger partial charge in [-0.2, -0.15) is 0 Å². The highest BCUT2D eigenvalue weighted by atomic mass is 16.1. The Balaban J connectivity index is 2.46. The monoisotopic (exact) mass is 136 g/mol. The second-order valence-electron chi connectivity index (χ2n) is 3.17. The molecule has 0 aromatic rings. The van der Waals surface area contributed by atoms with Crippen LogP contribution in [0.1, 0.15) is 26.2 Å². The maximum atomic E-state index is 11.1. The minimum Gasteiger partial charge on any atom is -0.299 e. The smallest absolute Gasteiger partial charge is 0.136 e. The summed E-state index contributed by atoms with van der Waals surface area (Å²) in [4.78, 5) is 11.1. The van der Waals surface area contributed by atoms with E-state index in [1.807, 2.05) is 0 Å². The Morgan fingerprint density at radius 3 is 2.80 bits per heavy atom. The summed E-state index contributed by atoms with van der Waals surface area (Å²) in [6.45, 7) is 2.14. The fourth-order valence-corrected chi connectivity index (χ4v) is 1.70. The first-order valence-electron chi connectivity index (χ1n) is 3.98. The topological polar surface area (TPSA) is 17.1 Å². The second-order valence-corrected chi connectivity index (χ2v) is 3.17. The van der Waals surface area contributed by atoms with E-state index < -0.39 is 0 Å². The van der Waals surface area contributed by atoms with E-state index in [0.717, 1.165) is 19.3 Å². The van der Waals surface area contributed by atoms with Crippen molar-refractivity contribution in [3.63, 3.8) is 0 Å². The molecule has 2 radical (unpaired) electrons. The van der Waals surface area contributed by atoms with Crippen LogP contribution in [-0.2, 0) is 4.79 Å². The zero-order chi connectivity index (χ0) is 7.56. The summed E-state index contributed by atoms with van der Waals surface area (Å²) in [5.41, 5.74) is 0. The van der Waals surface area contributed by atoms with E-state index in [0.29, 0.717) is 18.0 Å². The van der Waals surface area contributed by atoms with Crippen molar-refractivity contribution in [3.8, 4) is 0 Å². The number of hydrogen-bond acceptors (Lipinski definition) is 1. The van der Waals surface area contributed by atoms with E-state index in [9.17, 15) is 4.79 Å². The van der Waals surface area contributed by atoms with Crippen LogP contribution in [0.5, 0.6) is 0 Å². The van der Waals surface area contributed by atoms with Gasteiger partial charge < -0.3 is 0 Å². The molecule has 2 unspecified atom stereocenters. The number of Topliss-reactive ketones (excluding diaryl/α,β-unsaturated/α-hetero) is 1. The van der Waals surface area contributed by atoms with Crippen LogP contribution in [0.15, 0.2) is 0 Å². The Kier molecular flexibility index (Phi) is 2.53. The minimum atomic E-state index is 0.282. The molecule has 0 amide bonds. The van der Waals surface area contributed by atoms with E-state index in [4.69, 9.17) is 7.85 Å². The van der Waals surface area contributed by atoms with Crippen molar-refractivity contribution in [1.29, 1.82) is 0 Å². The summed E-state index contributed by atoms with van der Waals surface area (Å²) >= 11 is 0. The Hall–Kier alpha value is -0.265. The molecular formula is C8H13BO. The average molecular weight is 136 g/mol. The third-order valence-corrected chi connectivity index (χ3v) is 2.42. The summed E-state index contributed by atoms with van der Waals surface area (Å²) < 4.78 is 0. The predicted molar refractivity (Wildman–Crippen MR) is 42.1 cm³/mol. The third kappa shape index (κ3) is 1.42. The van der Waals surface area contributed by atoms with Gasteiger partial charge in [0.15, 0.2) is 0 Å². The van der Waals surface area contributed by atoms with Crippen molar-refractivity contribution < 1.29 is 4.79 Å². The van der Waals surface area contributed by atoms with E-state index >= 15 is 0 Å². The quantitative estimate of drug-likeness (QED) is 0.526. The lowest BCUT2D eigenvalue weighted by Gasteiger charge is -2.11. The molecule has 10 heavy (non-hydrogen) atoms. The molecule has 1 rings (SSSR count). The predicted octanol–water partition coefficient (Wildman–Crippen LogP) is 1.58. The lowest BCUT2D eigenvalue weighted by atomic mass is 9.87. The van der Waals surface area contributed by atoms with Crippen LogP contribution in [0.4, 0.5) is 0 Å². The van der Waals surface area contributed by atoms with Crippen LogP contribution in [0.25, 0.3) is 0 Å². The summed E-state index contributed by atoms with van der Waals surface area (Å²) in [7, 11) is 5.38. The van der Waals surface area contributed by atoms with Gasteiger partial charge in [-0.25, -0.2) is 0 Å². The number of hydrogen-bond donors (Lipinski definition) is 0. The molecule has 1 nitrogen and oxygen atoms in total. The Labute approximate surface area is 63.6 Å². The van der Waals surface area contributed by atoms with E-state index in [2.05, 4.69) is 6.92 Å². The normalized spacial score (nSPS) is 33.1. The SMILES string of the molecule is [B]CCC1C(=O)CCC1C. The van der Waals surface area contributed by atoms with Gasteiger partial charge in [-0.3, -0.25) is 4.79 Å². The Morgan fingerprint density at radius 1 is 1.70 bits per heavy atom. The first kappa shape index (κ1) is 7.84. The molecule has 0 heterocycles. The van der Waals surface area contributed by atoms with E-state index in [1.165, 1.54) is 0 Å². The highest BCUT2D eigenvalue weighted by molar-refractivity contribution is 6.08. The van der Waals surface area contributed by atoms with Gasteiger partial charge in [0.2, 0.25) is 0 Å². The number of carbonyl (C=O) groups excluding carboxylic acids is 1. The van der Waals surface area contributed by atoms with Crippen molar-refractivity contribution in [1.82, 2.24) is 0 Å². The molecule has 1 aliphatic carbocycles. The van der Waals surface area contributed by atoms with Gasteiger partial charge in [-0.1, -0.05) is 19.7 Å². The highest BCUT2D eigenvalue weighted by Crippen LogP contribution is 2.31. The molecule has 2 atom stereocenters. The minimum absolute atomic E-state index is 0.282. The Bertz CT molecular complexity index is 133. The molecule has 0 aromatic carbocycles. The highest BCUT2D eigenvalue weighted by Gasteiger charge is 2.29. The maximum Gasteiger partial charge on any atom is 0.136 e. The standard InChI is InChI=1S/C8H13BO/c1-6-2-3-8(10)7(6)4-5-9/h6-7H,2-5H2,1H3. The maximum absolute atomic E-state index is 11.1.